The van der Waals surface area contributed by atoms with E-state index in [1.54, 1.807) is 0 Å². The van der Waals surface area contributed by atoms with Gasteiger partial charge in [-0.05, 0) is 48.5 Å². The van der Waals surface area contributed by atoms with E-state index < -0.39 is 0 Å². The third-order valence-electron chi connectivity index (χ3n) is 9.58. The molecule has 7 nitrogen and oxygen atoms in total. The van der Waals surface area contributed by atoms with E-state index in [1.165, 1.54) is 0 Å². The highest BCUT2D eigenvalue weighted by Crippen LogP contribution is 2.52. The fourth-order valence-corrected chi connectivity index (χ4v) is 7.75. The van der Waals surface area contributed by atoms with Crippen LogP contribution in [0.4, 0.5) is 0 Å². The first-order valence-corrected chi connectivity index (χ1v) is 15.2. The van der Waals surface area contributed by atoms with Crippen molar-refractivity contribution in [3.8, 4) is 28.7 Å². The monoisotopic (exact) mass is 590 g/mol. The number of hydrogen-bond acceptors (Lipinski definition) is 6. The summed E-state index contributed by atoms with van der Waals surface area (Å²) in [6, 6.07) is 36.5. The lowest BCUT2D eigenvalue weighted by Crippen LogP contribution is -2.06. The minimum atomic E-state index is 0.545. The molecule has 0 aliphatic heterocycles. The van der Waals surface area contributed by atoms with Crippen LogP contribution in [0, 0.1) is 0 Å². The number of hydrogen-bond donors (Lipinski definition) is 0. The van der Waals surface area contributed by atoms with Crippen LogP contribution < -0.4 is 0 Å². The Labute approximate surface area is 257 Å². The van der Waals surface area contributed by atoms with Crippen molar-refractivity contribution in [1.82, 2.24) is 19.5 Å². The van der Waals surface area contributed by atoms with E-state index in [1.807, 2.05) is 84.9 Å². The number of rotatable bonds is 3. The average molecular weight is 591 g/mol. The predicted octanol–water partition coefficient (Wildman–Crippen LogP) is 10.3. The largest absolute Gasteiger partial charge is 0.456 e. The Morgan fingerprint density at radius 1 is 0.348 bits per heavy atom. The van der Waals surface area contributed by atoms with Gasteiger partial charge in [-0.2, -0.15) is 9.97 Å². The highest BCUT2D eigenvalue weighted by atomic mass is 16.3. The fourth-order valence-electron chi connectivity index (χ4n) is 7.75. The molecule has 212 valence electrons. The molecule has 46 heavy (non-hydrogen) atoms. The molecule has 0 fully saturated rings. The molecule has 7 heteroatoms. The van der Waals surface area contributed by atoms with Crippen LogP contribution in [0.1, 0.15) is 0 Å². The summed E-state index contributed by atoms with van der Waals surface area (Å²) in [7, 11) is 0. The number of nitrogens with zero attached hydrogens (tertiary/aromatic N) is 4. The minimum absolute atomic E-state index is 0.545. The molecule has 7 aromatic carbocycles. The van der Waals surface area contributed by atoms with E-state index in [0.29, 0.717) is 17.6 Å². The van der Waals surface area contributed by atoms with Gasteiger partial charge in [-0.25, -0.2) is 4.98 Å². The first-order valence-electron chi connectivity index (χ1n) is 15.2. The van der Waals surface area contributed by atoms with Crippen LogP contribution in [0.5, 0.6) is 0 Å². The van der Waals surface area contributed by atoms with Crippen molar-refractivity contribution in [3.63, 3.8) is 0 Å². The SMILES string of the molecule is c1ccc(-c2nc(-c3ccccc3)nc(-n3c4ccc5oc6ccc7oc8ccc9oc%10ccc3c3c%10c9c8c7c6c5c34)n2)cc1. The Bertz CT molecular complexity index is 2920. The summed E-state index contributed by atoms with van der Waals surface area (Å²) >= 11 is 0. The van der Waals surface area contributed by atoms with Crippen LogP contribution in [0.3, 0.4) is 0 Å². The van der Waals surface area contributed by atoms with Crippen LogP contribution in [0.15, 0.2) is 122 Å². The number of furan rings is 3. The van der Waals surface area contributed by atoms with Crippen molar-refractivity contribution < 1.29 is 13.3 Å². The van der Waals surface area contributed by atoms with Crippen molar-refractivity contribution in [2.75, 3.05) is 0 Å². The van der Waals surface area contributed by atoms with Gasteiger partial charge in [0.2, 0.25) is 5.95 Å². The normalized spacial score (nSPS) is 12.8. The Morgan fingerprint density at radius 2 is 0.696 bits per heavy atom. The number of aromatic nitrogens is 4. The number of benzene rings is 6. The second kappa shape index (κ2) is 7.78. The molecule has 12 rings (SSSR count). The van der Waals surface area contributed by atoms with Gasteiger partial charge in [-0.15, -0.1) is 0 Å². The van der Waals surface area contributed by atoms with Crippen LogP contribution in [0.25, 0.3) is 116 Å². The zero-order chi connectivity index (χ0) is 29.7. The van der Waals surface area contributed by atoms with Crippen molar-refractivity contribution >= 4 is 87.6 Å². The lowest BCUT2D eigenvalue weighted by Gasteiger charge is -2.10. The maximum Gasteiger partial charge on any atom is 0.238 e. The maximum absolute atomic E-state index is 6.54. The van der Waals surface area contributed by atoms with Gasteiger partial charge in [-0.1, -0.05) is 60.7 Å². The van der Waals surface area contributed by atoms with E-state index in [2.05, 4.69) is 28.8 Å². The molecule has 0 atom stereocenters. The third kappa shape index (κ3) is 2.65. The van der Waals surface area contributed by atoms with Gasteiger partial charge in [0.1, 0.15) is 33.5 Å². The lowest BCUT2D eigenvalue weighted by molar-refractivity contribution is 0.660. The molecule has 0 amide bonds. The summed E-state index contributed by atoms with van der Waals surface area (Å²) in [6.07, 6.45) is 0. The Hall–Kier alpha value is -6.47. The molecule has 0 unspecified atom stereocenters. The van der Waals surface area contributed by atoms with Gasteiger partial charge < -0.3 is 13.3 Å². The summed E-state index contributed by atoms with van der Waals surface area (Å²) in [4.78, 5) is 15.2. The zero-order valence-corrected chi connectivity index (χ0v) is 23.9. The van der Waals surface area contributed by atoms with Crippen LogP contribution in [-0.4, -0.2) is 19.5 Å². The van der Waals surface area contributed by atoms with E-state index in [9.17, 15) is 0 Å². The summed E-state index contributed by atoms with van der Waals surface area (Å²) in [5, 5.41) is 8.50. The van der Waals surface area contributed by atoms with Gasteiger partial charge in [0, 0.05) is 54.2 Å². The van der Waals surface area contributed by atoms with Crippen molar-refractivity contribution in [1.29, 1.82) is 0 Å². The molecule has 0 N–H and O–H groups in total. The highest BCUT2D eigenvalue weighted by Gasteiger charge is 2.29. The van der Waals surface area contributed by atoms with Gasteiger partial charge in [0.25, 0.3) is 0 Å². The third-order valence-corrected chi connectivity index (χ3v) is 9.58. The molecule has 0 saturated heterocycles. The molecule has 0 aliphatic rings. The van der Waals surface area contributed by atoms with Crippen molar-refractivity contribution in [3.05, 3.63) is 109 Å². The zero-order valence-electron chi connectivity index (χ0n) is 23.9. The second-order valence-electron chi connectivity index (χ2n) is 11.9. The lowest BCUT2D eigenvalue weighted by atomic mass is 9.95. The molecular weight excluding hydrogens is 572 g/mol. The van der Waals surface area contributed by atoms with Gasteiger partial charge >= 0.3 is 0 Å². The highest BCUT2D eigenvalue weighted by molar-refractivity contribution is 6.44. The molecule has 12 aromatic rings. The fraction of sp³-hybridized carbons (Fsp3) is 0. The predicted molar refractivity (Wildman–Crippen MR) is 180 cm³/mol. The topological polar surface area (TPSA) is 83.0 Å². The molecular formula is C39H18N4O3. The minimum Gasteiger partial charge on any atom is -0.456 e. The molecule has 0 bridgehead atoms. The first kappa shape index (κ1) is 23.0. The molecule has 5 aromatic heterocycles. The van der Waals surface area contributed by atoms with Gasteiger partial charge in [0.15, 0.2) is 11.6 Å². The van der Waals surface area contributed by atoms with E-state index in [0.717, 1.165) is 98.7 Å². The van der Waals surface area contributed by atoms with Gasteiger partial charge in [-0.3, -0.25) is 4.57 Å². The Kier molecular flexibility index (Phi) is 3.89. The Morgan fingerprint density at radius 3 is 1.09 bits per heavy atom. The summed E-state index contributed by atoms with van der Waals surface area (Å²) < 4.78 is 21.7. The van der Waals surface area contributed by atoms with E-state index >= 15 is 0 Å². The van der Waals surface area contributed by atoms with E-state index in [4.69, 9.17) is 28.2 Å². The summed E-state index contributed by atoms with van der Waals surface area (Å²) in [5.41, 5.74) is 8.76. The smallest absolute Gasteiger partial charge is 0.238 e. The van der Waals surface area contributed by atoms with Crippen molar-refractivity contribution in [2.24, 2.45) is 0 Å². The molecule has 0 spiro atoms. The molecule has 0 radical (unpaired) electrons. The molecule has 0 saturated carbocycles. The van der Waals surface area contributed by atoms with E-state index in [-0.39, 0.29) is 0 Å². The average Bonchev–Trinajstić information content (AvgIpc) is 3.85. The standard InChI is InChI=1S/C39H18N4O3/c1-3-7-19(8-4-1)37-40-38(20-9-5-2-6-10-20)42-39(41-37)43-21-11-13-23-31-29(21)30-22(43)12-14-24-32(30)34-26(45-24)16-18-28-36(34)35-27(46-28)17-15-25(44-23)33(31)35/h1-18H. The van der Waals surface area contributed by atoms with Crippen LogP contribution in [-0.2, 0) is 0 Å². The summed E-state index contributed by atoms with van der Waals surface area (Å²) in [5.74, 6) is 1.77. The Balaban J connectivity index is 1.33. The first-order chi connectivity index (χ1) is 22.8. The maximum atomic E-state index is 6.54. The quantitative estimate of drug-likeness (QED) is 0.204. The van der Waals surface area contributed by atoms with Crippen molar-refractivity contribution in [2.45, 2.75) is 0 Å². The second-order valence-corrected chi connectivity index (χ2v) is 11.9. The van der Waals surface area contributed by atoms with Gasteiger partial charge in [0.05, 0.1) is 11.0 Å². The molecule has 0 aliphatic carbocycles. The van der Waals surface area contributed by atoms with Crippen LogP contribution >= 0.6 is 0 Å². The molecule has 5 heterocycles. The van der Waals surface area contributed by atoms with Crippen LogP contribution in [0.2, 0.25) is 0 Å². The summed E-state index contributed by atoms with van der Waals surface area (Å²) in [6.45, 7) is 0.